The number of hydrogen-bond donors (Lipinski definition) is 3. The molecule has 0 amide bonds. The highest BCUT2D eigenvalue weighted by molar-refractivity contribution is 5.83. The molecule has 3 rings (SSSR count). The Morgan fingerprint density at radius 1 is 1.32 bits per heavy atom. The van der Waals surface area contributed by atoms with Crippen molar-refractivity contribution in [2.24, 2.45) is 4.99 Å². The minimum Gasteiger partial charge on any atom is -0.361 e. The van der Waals surface area contributed by atoms with Crippen LogP contribution in [0.4, 0.5) is 4.39 Å². The summed E-state index contributed by atoms with van der Waals surface area (Å²) in [5.74, 6) is 0.558. The number of nitrogens with one attached hydrogen (secondary N) is 3. The highest BCUT2D eigenvalue weighted by Crippen LogP contribution is 2.19. The molecule has 3 N–H and O–H groups in total. The number of aliphatic imine (C=N–C) groups is 1. The van der Waals surface area contributed by atoms with Gasteiger partial charge in [0.25, 0.3) is 0 Å². The van der Waals surface area contributed by atoms with Gasteiger partial charge in [0.1, 0.15) is 5.82 Å². The van der Waals surface area contributed by atoms with E-state index in [1.165, 1.54) is 6.07 Å². The van der Waals surface area contributed by atoms with Gasteiger partial charge >= 0.3 is 0 Å². The molecule has 3 aromatic rings. The maximum absolute atomic E-state index is 13.4. The molecule has 7 heteroatoms. The van der Waals surface area contributed by atoms with Crippen molar-refractivity contribution in [1.82, 2.24) is 25.4 Å². The second kappa shape index (κ2) is 8.32. The SMILES string of the molecule is CN=C(NCCCn1cccn1)NCCc1c[nH]c2ccc(F)cc12. The van der Waals surface area contributed by atoms with E-state index in [9.17, 15) is 4.39 Å². The van der Waals surface area contributed by atoms with Crippen LogP contribution in [0.15, 0.2) is 47.8 Å². The molecular weight excluding hydrogens is 319 g/mol. The van der Waals surface area contributed by atoms with Crippen molar-refractivity contribution in [2.75, 3.05) is 20.1 Å². The van der Waals surface area contributed by atoms with Crippen molar-refractivity contribution in [3.05, 3.63) is 54.2 Å². The number of aromatic amines is 1. The number of hydrogen-bond acceptors (Lipinski definition) is 2. The van der Waals surface area contributed by atoms with Crippen molar-refractivity contribution in [3.8, 4) is 0 Å². The Kier molecular flexibility index (Phi) is 5.66. The van der Waals surface area contributed by atoms with Crippen LogP contribution >= 0.6 is 0 Å². The van der Waals surface area contributed by atoms with E-state index >= 15 is 0 Å². The first-order valence-corrected chi connectivity index (χ1v) is 8.44. The van der Waals surface area contributed by atoms with Gasteiger partial charge in [-0.05, 0) is 42.7 Å². The van der Waals surface area contributed by atoms with Crippen LogP contribution in [0.5, 0.6) is 0 Å². The summed E-state index contributed by atoms with van der Waals surface area (Å²) in [5.41, 5.74) is 2.05. The maximum Gasteiger partial charge on any atom is 0.190 e. The van der Waals surface area contributed by atoms with Gasteiger partial charge in [-0.2, -0.15) is 5.10 Å². The molecule has 0 saturated carbocycles. The highest BCUT2D eigenvalue weighted by Gasteiger charge is 2.05. The molecule has 6 nitrogen and oxygen atoms in total. The Hall–Kier alpha value is -2.83. The van der Waals surface area contributed by atoms with Crippen molar-refractivity contribution in [2.45, 2.75) is 19.4 Å². The third-order valence-corrected chi connectivity index (χ3v) is 4.06. The minimum atomic E-state index is -0.212. The minimum absolute atomic E-state index is 0.212. The second-order valence-electron chi connectivity index (χ2n) is 5.80. The lowest BCUT2D eigenvalue weighted by atomic mass is 10.1. The summed E-state index contributed by atoms with van der Waals surface area (Å²) in [4.78, 5) is 7.40. The van der Waals surface area contributed by atoms with E-state index < -0.39 is 0 Å². The van der Waals surface area contributed by atoms with E-state index in [1.54, 1.807) is 25.4 Å². The molecule has 132 valence electrons. The summed E-state index contributed by atoms with van der Waals surface area (Å²) in [5, 5.41) is 11.7. The Morgan fingerprint density at radius 2 is 2.20 bits per heavy atom. The summed E-state index contributed by atoms with van der Waals surface area (Å²) < 4.78 is 15.3. The lowest BCUT2D eigenvalue weighted by molar-refractivity contribution is 0.570. The molecule has 0 aliphatic heterocycles. The van der Waals surface area contributed by atoms with Crippen LogP contribution in [0.25, 0.3) is 10.9 Å². The first-order chi connectivity index (χ1) is 12.3. The zero-order valence-electron chi connectivity index (χ0n) is 14.3. The van der Waals surface area contributed by atoms with E-state index in [1.807, 2.05) is 23.1 Å². The number of benzene rings is 1. The number of H-pyrrole nitrogens is 1. The molecule has 0 bridgehead atoms. The molecule has 25 heavy (non-hydrogen) atoms. The zero-order valence-corrected chi connectivity index (χ0v) is 14.3. The van der Waals surface area contributed by atoms with Crippen LogP contribution in [0.3, 0.4) is 0 Å². The summed E-state index contributed by atoms with van der Waals surface area (Å²) in [6.45, 7) is 2.41. The number of halogens is 1. The van der Waals surface area contributed by atoms with Gasteiger partial charge in [0, 0.05) is 56.2 Å². The Morgan fingerprint density at radius 3 is 3.00 bits per heavy atom. The van der Waals surface area contributed by atoms with E-state index in [2.05, 4.69) is 25.7 Å². The van der Waals surface area contributed by atoms with Gasteiger partial charge in [0.05, 0.1) is 0 Å². The number of aryl methyl sites for hydroxylation is 1. The quantitative estimate of drug-likeness (QED) is 0.351. The van der Waals surface area contributed by atoms with Crippen molar-refractivity contribution in [1.29, 1.82) is 0 Å². The molecule has 2 heterocycles. The average Bonchev–Trinajstić information content (AvgIpc) is 3.27. The van der Waals surface area contributed by atoms with Gasteiger partial charge in [0.15, 0.2) is 5.96 Å². The fourth-order valence-electron chi connectivity index (χ4n) is 2.77. The topological polar surface area (TPSA) is 70.0 Å². The summed E-state index contributed by atoms with van der Waals surface area (Å²) >= 11 is 0. The predicted molar refractivity (Wildman–Crippen MR) is 98.2 cm³/mol. The van der Waals surface area contributed by atoms with Crippen LogP contribution in [0.2, 0.25) is 0 Å². The Labute approximate surface area is 146 Å². The van der Waals surface area contributed by atoms with Crippen LogP contribution in [0, 0.1) is 5.82 Å². The number of aromatic nitrogens is 3. The molecule has 0 radical (unpaired) electrons. The largest absolute Gasteiger partial charge is 0.361 e. The normalized spacial score (nSPS) is 11.8. The van der Waals surface area contributed by atoms with E-state index in [-0.39, 0.29) is 5.82 Å². The van der Waals surface area contributed by atoms with Gasteiger partial charge < -0.3 is 15.6 Å². The number of fused-ring (bicyclic) bond motifs is 1. The number of nitrogens with zero attached hydrogens (tertiary/aromatic N) is 3. The number of guanidine groups is 1. The monoisotopic (exact) mass is 342 g/mol. The average molecular weight is 342 g/mol. The van der Waals surface area contributed by atoms with E-state index in [0.29, 0.717) is 0 Å². The summed E-state index contributed by atoms with van der Waals surface area (Å²) in [6.07, 6.45) is 7.43. The van der Waals surface area contributed by atoms with E-state index in [0.717, 1.165) is 54.9 Å². The van der Waals surface area contributed by atoms with Crippen molar-refractivity contribution in [3.63, 3.8) is 0 Å². The molecule has 0 unspecified atom stereocenters. The van der Waals surface area contributed by atoms with E-state index in [4.69, 9.17) is 0 Å². The standard InChI is InChI=1S/C18H23FN6/c1-20-18(21-7-2-10-25-11-3-8-24-25)22-9-6-14-13-23-17-5-4-15(19)12-16(14)17/h3-5,8,11-13,23H,2,6-7,9-10H2,1H3,(H2,20,21,22). The molecule has 0 aliphatic carbocycles. The number of rotatable bonds is 7. The van der Waals surface area contributed by atoms with Crippen LogP contribution in [-0.4, -0.2) is 40.9 Å². The molecule has 2 aromatic heterocycles. The smallest absolute Gasteiger partial charge is 0.190 e. The molecule has 1 aromatic carbocycles. The zero-order chi connectivity index (χ0) is 17.5. The Balaban J connectivity index is 1.42. The predicted octanol–water partition coefficient (Wildman–Crippen LogP) is 2.30. The molecule has 0 saturated heterocycles. The second-order valence-corrected chi connectivity index (χ2v) is 5.80. The molecule has 0 aliphatic rings. The lowest BCUT2D eigenvalue weighted by Gasteiger charge is -2.11. The van der Waals surface area contributed by atoms with Crippen LogP contribution in [0.1, 0.15) is 12.0 Å². The van der Waals surface area contributed by atoms with Gasteiger partial charge in [-0.1, -0.05) is 0 Å². The molecular formula is C18H23FN6. The van der Waals surface area contributed by atoms with Crippen molar-refractivity contribution >= 4 is 16.9 Å². The first-order valence-electron chi connectivity index (χ1n) is 8.44. The van der Waals surface area contributed by atoms with Crippen LogP contribution in [-0.2, 0) is 13.0 Å². The fourth-order valence-corrected chi connectivity index (χ4v) is 2.77. The summed E-state index contributed by atoms with van der Waals surface area (Å²) in [7, 11) is 1.75. The van der Waals surface area contributed by atoms with Gasteiger partial charge in [-0.15, -0.1) is 0 Å². The fraction of sp³-hybridized carbons (Fsp3) is 0.333. The van der Waals surface area contributed by atoms with Gasteiger partial charge in [-0.3, -0.25) is 9.67 Å². The molecule has 0 fully saturated rings. The van der Waals surface area contributed by atoms with Crippen molar-refractivity contribution < 1.29 is 4.39 Å². The lowest BCUT2D eigenvalue weighted by Crippen LogP contribution is -2.39. The molecule has 0 atom stereocenters. The molecule has 0 spiro atoms. The summed E-state index contributed by atoms with van der Waals surface area (Å²) in [6, 6.07) is 6.73. The van der Waals surface area contributed by atoms with Gasteiger partial charge in [0.2, 0.25) is 0 Å². The highest BCUT2D eigenvalue weighted by atomic mass is 19.1. The van der Waals surface area contributed by atoms with Crippen LogP contribution < -0.4 is 10.6 Å². The Bertz CT molecular complexity index is 821. The van der Waals surface area contributed by atoms with Gasteiger partial charge in [-0.25, -0.2) is 4.39 Å². The first kappa shape index (κ1) is 17.0. The maximum atomic E-state index is 13.4. The third kappa shape index (κ3) is 4.59. The third-order valence-electron chi connectivity index (χ3n) is 4.06.